The Kier molecular flexibility index (Phi) is 10.6. The van der Waals surface area contributed by atoms with Gasteiger partial charge < -0.3 is 16.0 Å². The van der Waals surface area contributed by atoms with Crippen LogP contribution in [0.2, 0.25) is 0 Å². The molecule has 1 unspecified atom stereocenters. The van der Waals surface area contributed by atoms with Crippen molar-refractivity contribution in [3.05, 3.63) is 70.8 Å². The highest BCUT2D eigenvalue weighted by molar-refractivity contribution is 14.0. The van der Waals surface area contributed by atoms with Gasteiger partial charge in [-0.1, -0.05) is 48.9 Å². The van der Waals surface area contributed by atoms with Gasteiger partial charge in [-0.3, -0.25) is 4.79 Å². The Morgan fingerprint density at radius 1 is 1.11 bits per heavy atom. The van der Waals surface area contributed by atoms with Crippen LogP contribution in [0.4, 0.5) is 0 Å². The lowest BCUT2D eigenvalue weighted by molar-refractivity contribution is 0.0963. The van der Waals surface area contributed by atoms with E-state index in [2.05, 4.69) is 66.0 Å². The zero-order valence-corrected chi connectivity index (χ0v) is 19.4. The van der Waals surface area contributed by atoms with Gasteiger partial charge in [0.1, 0.15) is 0 Å². The molecule has 1 atom stereocenters. The fourth-order valence-electron chi connectivity index (χ4n) is 2.76. The first kappa shape index (κ1) is 23.9. The molecule has 152 valence electrons. The van der Waals surface area contributed by atoms with Crippen molar-refractivity contribution in [1.82, 2.24) is 16.0 Å². The minimum atomic E-state index is -0.0785. The normalized spacial score (nSPS) is 11.9. The Hall–Kier alpha value is -2.09. The molecule has 6 heteroatoms. The molecule has 0 spiro atoms. The zero-order chi connectivity index (χ0) is 19.6. The maximum absolute atomic E-state index is 11.6. The minimum Gasteiger partial charge on any atom is -0.357 e. The molecule has 1 amide bonds. The highest BCUT2D eigenvalue weighted by Gasteiger charge is 2.07. The Bertz CT molecular complexity index is 774. The number of aliphatic imine (C=N–C) groups is 1. The van der Waals surface area contributed by atoms with E-state index in [1.165, 1.54) is 11.1 Å². The highest BCUT2D eigenvalue weighted by Crippen LogP contribution is 2.15. The highest BCUT2D eigenvalue weighted by atomic mass is 127. The smallest absolute Gasteiger partial charge is 0.251 e. The number of halogens is 1. The van der Waals surface area contributed by atoms with E-state index < -0.39 is 0 Å². The van der Waals surface area contributed by atoms with Crippen molar-refractivity contribution in [3.8, 4) is 0 Å². The lowest BCUT2D eigenvalue weighted by Crippen LogP contribution is -2.39. The molecule has 2 rings (SSSR count). The average molecular weight is 494 g/mol. The molecule has 3 N–H and O–H groups in total. The maximum Gasteiger partial charge on any atom is 0.251 e. The molecule has 5 nitrogen and oxygen atoms in total. The summed E-state index contributed by atoms with van der Waals surface area (Å²) in [5, 5.41) is 9.33. The van der Waals surface area contributed by atoms with Crippen LogP contribution in [0, 0.1) is 6.92 Å². The van der Waals surface area contributed by atoms with Gasteiger partial charge in [0, 0.05) is 25.7 Å². The molecule has 0 saturated carbocycles. The van der Waals surface area contributed by atoms with E-state index in [9.17, 15) is 4.79 Å². The lowest BCUT2D eigenvalue weighted by atomic mass is 9.99. The summed E-state index contributed by atoms with van der Waals surface area (Å²) in [6, 6.07) is 16.1. The van der Waals surface area contributed by atoms with Crippen LogP contribution in [0.15, 0.2) is 53.5 Å². The third kappa shape index (κ3) is 7.50. The first-order valence-electron chi connectivity index (χ1n) is 9.43. The number of benzene rings is 2. The second-order valence-electron chi connectivity index (χ2n) is 6.67. The molecular weight excluding hydrogens is 463 g/mol. The van der Waals surface area contributed by atoms with Gasteiger partial charge in [0.2, 0.25) is 0 Å². The minimum absolute atomic E-state index is 0. The molecule has 0 fully saturated rings. The van der Waals surface area contributed by atoms with Crippen LogP contribution in [-0.4, -0.2) is 32.0 Å². The summed E-state index contributed by atoms with van der Waals surface area (Å²) < 4.78 is 0. The molecule has 0 heterocycles. The predicted molar refractivity (Wildman–Crippen MR) is 128 cm³/mol. The second-order valence-corrected chi connectivity index (χ2v) is 6.67. The summed E-state index contributed by atoms with van der Waals surface area (Å²) in [5.74, 6) is 1.11. The second kappa shape index (κ2) is 12.4. The van der Waals surface area contributed by atoms with Gasteiger partial charge in [0.05, 0.1) is 6.54 Å². The summed E-state index contributed by atoms with van der Waals surface area (Å²) in [4.78, 5) is 16.3. The summed E-state index contributed by atoms with van der Waals surface area (Å²) in [6.07, 6.45) is 0. The van der Waals surface area contributed by atoms with E-state index in [1.807, 2.05) is 24.3 Å². The summed E-state index contributed by atoms with van der Waals surface area (Å²) in [7, 11) is 1.63. The fraction of sp³-hybridized carbons (Fsp3) is 0.364. The number of rotatable bonds is 7. The molecule has 0 aliphatic rings. The standard InChI is InChI=1S/C22H30N4O.HI/c1-5-24-22(25-14-17(3)20-8-6-7-16(2)13-20)26-15-18-9-11-19(12-10-18)21(27)23-4;/h6-13,17H,5,14-15H2,1-4H3,(H,23,27)(H2,24,25,26);1H. The van der Waals surface area contributed by atoms with Crippen LogP contribution in [-0.2, 0) is 6.54 Å². The molecule has 0 aliphatic carbocycles. The van der Waals surface area contributed by atoms with E-state index in [4.69, 9.17) is 0 Å². The van der Waals surface area contributed by atoms with E-state index in [0.717, 1.165) is 24.6 Å². The number of hydrogen-bond acceptors (Lipinski definition) is 2. The van der Waals surface area contributed by atoms with Crippen LogP contribution in [0.1, 0.15) is 46.8 Å². The summed E-state index contributed by atoms with van der Waals surface area (Å²) in [6.45, 7) is 8.56. The lowest BCUT2D eigenvalue weighted by Gasteiger charge is -2.16. The van der Waals surface area contributed by atoms with Crippen molar-refractivity contribution in [2.24, 2.45) is 4.99 Å². The molecule has 2 aromatic rings. The number of carbonyl (C=O) groups excluding carboxylic acids is 1. The van der Waals surface area contributed by atoms with Gasteiger partial charge in [-0.15, -0.1) is 24.0 Å². The number of guanidine groups is 1. The first-order chi connectivity index (χ1) is 13.0. The predicted octanol–water partition coefficient (Wildman–Crippen LogP) is 3.83. The average Bonchev–Trinajstić information content (AvgIpc) is 2.69. The van der Waals surface area contributed by atoms with E-state index in [0.29, 0.717) is 18.0 Å². The number of nitrogens with zero attached hydrogens (tertiary/aromatic N) is 1. The van der Waals surface area contributed by atoms with Gasteiger partial charge in [-0.05, 0) is 43.0 Å². The molecule has 2 aromatic carbocycles. The van der Waals surface area contributed by atoms with E-state index in [1.54, 1.807) is 7.05 Å². The van der Waals surface area contributed by atoms with Crippen molar-refractivity contribution in [1.29, 1.82) is 0 Å². The molecular formula is C22H31IN4O. The number of aryl methyl sites for hydroxylation is 1. The monoisotopic (exact) mass is 494 g/mol. The van der Waals surface area contributed by atoms with Gasteiger partial charge in [0.25, 0.3) is 5.91 Å². The Balaban J connectivity index is 0.00000392. The maximum atomic E-state index is 11.6. The number of hydrogen-bond donors (Lipinski definition) is 3. The van der Waals surface area contributed by atoms with Crippen LogP contribution < -0.4 is 16.0 Å². The van der Waals surface area contributed by atoms with Crippen LogP contribution in [0.5, 0.6) is 0 Å². The number of carbonyl (C=O) groups is 1. The third-order valence-corrected chi connectivity index (χ3v) is 4.39. The molecule has 0 aliphatic heterocycles. The quantitative estimate of drug-likeness (QED) is 0.312. The van der Waals surface area contributed by atoms with Crippen LogP contribution in [0.3, 0.4) is 0 Å². The Labute approximate surface area is 185 Å². The zero-order valence-electron chi connectivity index (χ0n) is 17.1. The van der Waals surface area contributed by atoms with Gasteiger partial charge >= 0.3 is 0 Å². The number of amides is 1. The molecule has 28 heavy (non-hydrogen) atoms. The van der Waals surface area contributed by atoms with Gasteiger partial charge in [0.15, 0.2) is 5.96 Å². The van der Waals surface area contributed by atoms with Gasteiger partial charge in [-0.2, -0.15) is 0 Å². The van der Waals surface area contributed by atoms with Crippen molar-refractivity contribution in [2.75, 3.05) is 20.1 Å². The van der Waals surface area contributed by atoms with E-state index in [-0.39, 0.29) is 29.9 Å². The van der Waals surface area contributed by atoms with E-state index >= 15 is 0 Å². The van der Waals surface area contributed by atoms with Gasteiger partial charge in [-0.25, -0.2) is 4.99 Å². The molecule has 0 radical (unpaired) electrons. The SMILES string of the molecule is CCNC(=NCc1ccc(C(=O)NC)cc1)NCC(C)c1cccc(C)c1.I. The van der Waals surface area contributed by atoms with Crippen molar-refractivity contribution >= 4 is 35.8 Å². The largest absolute Gasteiger partial charge is 0.357 e. The summed E-state index contributed by atoms with van der Waals surface area (Å²) >= 11 is 0. The fourth-order valence-corrected chi connectivity index (χ4v) is 2.76. The molecule has 0 saturated heterocycles. The summed E-state index contributed by atoms with van der Waals surface area (Å²) in [5.41, 5.74) is 4.32. The Morgan fingerprint density at radius 2 is 1.82 bits per heavy atom. The third-order valence-electron chi connectivity index (χ3n) is 4.39. The number of nitrogens with one attached hydrogen (secondary N) is 3. The van der Waals surface area contributed by atoms with Crippen molar-refractivity contribution in [2.45, 2.75) is 33.2 Å². The first-order valence-corrected chi connectivity index (χ1v) is 9.43. The molecule has 0 bridgehead atoms. The van der Waals surface area contributed by atoms with Crippen LogP contribution in [0.25, 0.3) is 0 Å². The van der Waals surface area contributed by atoms with Crippen molar-refractivity contribution < 1.29 is 4.79 Å². The van der Waals surface area contributed by atoms with Crippen LogP contribution >= 0.6 is 24.0 Å². The Morgan fingerprint density at radius 3 is 2.43 bits per heavy atom. The van der Waals surface area contributed by atoms with Crippen molar-refractivity contribution in [3.63, 3.8) is 0 Å². The topological polar surface area (TPSA) is 65.5 Å². The molecule has 0 aromatic heterocycles.